The summed E-state index contributed by atoms with van der Waals surface area (Å²) in [6.07, 6.45) is 7.99. The molecule has 1 unspecified atom stereocenters. The van der Waals surface area contributed by atoms with Crippen LogP contribution in [-0.4, -0.2) is 64.5 Å². The molecule has 1 fully saturated rings. The van der Waals surface area contributed by atoms with Crippen molar-refractivity contribution in [3.63, 3.8) is 0 Å². The molecule has 11 heteroatoms. The zero-order valence-corrected chi connectivity index (χ0v) is 30.8. The van der Waals surface area contributed by atoms with E-state index in [4.69, 9.17) is 25.8 Å². The largest absolute Gasteiger partial charge is 0.493 e. The highest BCUT2D eigenvalue weighted by molar-refractivity contribution is 6.32. The lowest BCUT2D eigenvalue weighted by Crippen LogP contribution is -2.52. The van der Waals surface area contributed by atoms with E-state index in [0.29, 0.717) is 39.8 Å². The first-order valence-electron chi connectivity index (χ1n) is 17.7. The Morgan fingerprint density at radius 2 is 1.67 bits per heavy atom. The summed E-state index contributed by atoms with van der Waals surface area (Å²) in [5.41, 5.74) is 5.39. The number of hydrogen-bond acceptors (Lipinski definition) is 9. The van der Waals surface area contributed by atoms with Gasteiger partial charge in [0.25, 0.3) is 0 Å². The molecule has 0 saturated carbocycles. The number of nitrogens with one attached hydrogen (secondary N) is 1. The first-order valence-corrected chi connectivity index (χ1v) is 18.0. The molecular weight excluding hydrogens is 680 g/mol. The van der Waals surface area contributed by atoms with E-state index in [-0.39, 0.29) is 19.8 Å². The molecule has 5 rings (SSSR count). The molecular formula is C41H47ClN4O6. The van der Waals surface area contributed by atoms with Crippen molar-refractivity contribution in [3.05, 3.63) is 105 Å². The van der Waals surface area contributed by atoms with E-state index < -0.39 is 18.1 Å². The number of rotatable bonds is 17. The maximum atomic E-state index is 11.8. The monoisotopic (exact) mass is 726 g/mol. The minimum atomic E-state index is -1.58. The number of aliphatic carboxylic acids is 1. The second-order valence-corrected chi connectivity index (χ2v) is 13.8. The van der Waals surface area contributed by atoms with Gasteiger partial charge in [-0.05, 0) is 99.1 Å². The van der Waals surface area contributed by atoms with Crippen LogP contribution >= 0.6 is 11.6 Å². The predicted octanol–water partition coefficient (Wildman–Crippen LogP) is 7.23. The number of aromatic nitrogens is 1. The van der Waals surface area contributed by atoms with Crippen molar-refractivity contribution in [2.45, 2.75) is 71.8 Å². The van der Waals surface area contributed by atoms with Crippen LogP contribution in [-0.2, 0) is 24.6 Å². The van der Waals surface area contributed by atoms with Crippen molar-refractivity contribution >= 4 is 17.6 Å². The Balaban J connectivity index is 1.32. The van der Waals surface area contributed by atoms with Gasteiger partial charge >= 0.3 is 5.97 Å². The number of halogens is 1. The fourth-order valence-corrected chi connectivity index (χ4v) is 6.48. The first-order chi connectivity index (χ1) is 25.1. The van der Waals surface area contributed by atoms with Gasteiger partial charge in [0.2, 0.25) is 0 Å². The van der Waals surface area contributed by atoms with Crippen LogP contribution in [0.15, 0.2) is 67.0 Å². The minimum Gasteiger partial charge on any atom is -0.493 e. The summed E-state index contributed by atoms with van der Waals surface area (Å²) in [5.74, 6) is 0.476. The molecule has 3 N–H and O–H groups in total. The number of carboxylic acids is 1. The smallest absolute Gasteiger partial charge is 0.326 e. The van der Waals surface area contributed by atoms with Crippen LogP contribution in [0.3, 0.4) is 0 Å². The van der Waals surface area contributed by atoms with Crippen molar-refractivity contribution in [1.82, 2.24) is 15.2 Å². The second-order valence-electron chi connectivity index (χ2n) is 13.4. The maximum Gasteiger partial charge on any atom is 0.326 e. The van der Waals surface area contributed by atoms with Crippen LogP contribution in [0.4, 0.5) is 0 Å². The van der Waals surface area contributed by atoms with Gasteiger partial charge in [-0.1, -0.05) is 48.4 Å². The van der Waals surface area contributed by atoms with Crippen molar-refractivity contribution < 1.29 is 29.2 Å². The fourth-order valence-electron chi connectivity index (χ4n) is 6.24. The Kier molecular flexibility index (Phi) is 13.5. The Labute approximate surface area is 310 Å². The van der Waals surface area contributed by atoms with Crippen LogP contribution in [0.5, 0.6) is 17.2 Å². The molecule has 1 atom stereocenters. The summed E-state index contributed by atoms with van der Waals surface area (Å²) < 4.78 is 18.7. The summed E-state index contributed by atoms with van der Waals surface area (Å²) >= 11 is 6.74. The van der Waals surface area contributed by atoms with E-state index in [0.717, 1.165) is 46.5 Å². The zero-order valence-electron chi connectivity index (χ0n) is 30.1. The molecule has 3 aromatic carbocycles. The molecule has 0 radical (unpaired) electrons. The average Bonchev–Trinajstić information content (AvgIpc) is 3.16. The number of nitrogens with zero attached hydrogens (tertiary/aromatic N) is 3. The van der Waals surface area contributed by atoms with Gasteiger partial charge in [-0.15, -0.1) is 0 Å². The zero-order chi connectivity index (χ0) is 37.1. The standard InChI is InChI=1S/C41H47ClN4O6/c1-28-32(10-7-11-34(28)35-12-8-13-37(29(35)2)50-17-9-16-46-14-5-4-6-15-46)26-52-39-20-38(51-25-31-18-30(21-43)22-44-23-31)33(19-36(39)42)24-45-41(3,27-47)40(48)49/h7-8,10-13,18-20,22-23,45,47H,4-6,9,14-17,24-27H2,1-3H3,(H,48,49). The molecule has 10 nitrogen and oxygen atoms in total. The molecule has 1 saturated heterocycles. The van der Waals surface area contributed by atoms with Crippen LogP contribution < -0.4 is 19.5 Å². The lowest BCUT2D eigenvalue weighted by Gasteiger charge is -2.26. The first kappa shape index (κ1) is 38.6. The average molecular weight is 727 g/mol. The van der Waals surface area contributed by atoms with E-state index in [2.05, 4.69) is 47.3 Å². The second kappa shape index (κ2) is 18.2. The Morgan fingerprint density at radius 1 is 0.942 bits per heavy atom. The number of carbonyl (C=O) groups is 1. The minimum absolute atomic E-state index is 0.0386. The molecule has 1 aliphatic heterocycles. The fraction of sp³-hybridized carbons (Fsp3) is 0.390. The number of carboxylic acid groups (broad SMARTS) is 1. The third-order valence-corrected chi connectivity index (χ3v) is 9.91. The van der Waals surface area contributed by atoms with Gasteiger partial charge in [0.1, 0.15) is 42.1 Å². The normalized spacial score (nSPS) is 14.3. The number of pyridine rings is 1. The molecule has 2 heterocycles. The highest BCUT2D eigenvalue weighted by Gasteiger charge is 2.32. The molecule has 1 aliphatic rings. The van der Waals surface area contributed by atoms with Gasteiger partial charge in [0.15, 0.2) is 0 Å². The van der Waals surface area contributed by atoms with Gasteiger partial charge in [0, 0.05) is 42.7 Å². The van der Waals surface area contributed by atoms with Crippen molar-refractivity contribution in [3.8, 4) is 34.4 Å². The third kappa shape index (κ3) is 9.81. The Bertz CT molecular complexity index is 1890. The van der Waals surface area contributed by atoms with Gasteiger partial charge in [-0.25, -0.2) is 0 Å². The summed E-state index contributed by atoms with van der Waals surface area (Å²) in [5, 5.41) is 31.9. The number of hydrogen-bond donors (Lipinski definition) is 3. The van der Waals surface area contributed by atoms with Gasteiger partial charge in [0.05, 0.1) is 23.8 Å². The number of likely N-dealkylation sites (tertiary alicyclic amines) is 1. The summed E-state index contributed by atoms with van der Waals surface area (Å²) in [4.78, 5) is 18.4. The molecule has 0 spiro atoms. The predicted molar refractivity (Wildman–Crippen MR) is 201 cm³/mol. The Hall–Kier alpha value is -4.66. The molecule has 0 bridgehead atoms. The van der Waals surface area contributed by atoms with Crippen molar-refractivity contribution in [2.24, 2.45) is 0 Å². The highest BCUT2D eigenvalue weighted by Crippen LogP contribution is 2.36. The van der Waals surface area contributed by atoms with Gasteiger partial charge in [-0.2, -0.15) is 5.26 Å². The van der Waals surface area contributed by atoms with Crippen molar-refractivity contribution in [1.29, 1.82) is 5.26 Å². The van der Waals surface area contributed by atoms with Crippen LogP contribution in [0.1, 0.15) is 66.0 Å². The number of nitriles is 1. The summed E-state index contributed by atoms with van der Waals surface area (Å²) in [7, 11) is 0. The number of benzene rings is 3. The molecule has 52 heavy (non-hydrogen) atoms. The topological polar surface area (TPSA) is 137 Å². The lowest BCUT2D eigenvalue weighted by atomic mass is 9.93. The number of piperidine rings is 1. The maximum absolute atomic E-state index is 11.8. The van der Waals surface area contributed by atoms with Gasteiger partial charge in [-0.3, -0.25) is 15.1 Å². The van der Waals surface area contributed by atoms with E-state index in [9.17, 15) is 20.3 Å². The quantitative estimate of drug-likeness (QED) is 0.0956. The molecule has 4 aromatic rings. The Morgan fingerprint density at radius 3 is 2.40 bits per heavy atom. The number of aliphatic hydroxyl groups excluding tert-OH is 1. The lowest BCUT2D eigenvalue weighted by molar-refractivity contribution is -0.145. The molecule has 0 amide bonds. The number of ether oxygens (including phenoxy) is 3. The van der Waals surface area contributed by atoms with Crippen LogP contribution in [0, 0.1) is 25.2 Å². The van der Waals surface area contributed by atoms with Crippen molar-refractivity contribution in [2.75, 3.05) is 32.8 Å². The molecule has 274 valence electrons. The molecule has 0 aliphatic carbocycles. The van der Waals surface area contributed by atoms with Crippen LogP contribution in [0.25, 0.3) is 11.1 Å². The molecule has 1 aromatic heterocycles. The van der Waals surface area contributed by atoms with Crippen LogP contribution in [0.2, 0.25) is 5.02 Å². The summed E-state index contributed by atoms with van der Waals surface area (Å²) in [6, 6.07) is 19.4. The third-order valence-electron chi connectivity index (χ3n) is 9.62. The number of aliphatic hydroxyl groups is 1. The van der Waals surface area contributed by atoms with E-state index >= 15 is 0 Å². The van der Waals surface area contributed by atoms with E-state index in [1.807, 2.05) is 24.3 Å². The van der Waals surface area contributed by atoms with Gasteiger partial charge < -0.3 is 29.3 Å². The van der Waals surface area contributed by atoms with E-state index in [1.54, 1.807) is 24.4 Å². The summed E-state index contributed by atoms with van der Waals surface area (Å²) in [6.45, 7) is 9.44. The highest BCUT2D eigenvalue weighted by atomic mass is 35.5. The SMILES string of the molecule is Cc1c(COc2cc(OCc3cncc(C#N)c3)c(CNC(C)(CO)C(=O)O)cc2Cl)cccc1-c1cccc(OCCCN2CCCCC2)c1C. The van der Waals surface area contributed by atoms with E-state index in [1.165, 1.54) is 45.5 Å².